The Balaban J connectivity index is 2.60. The number of hydrogen-bond acceptors (Lipinski definition) is 1. The van der Waals surface area contributed by atoms with E-state index in [0.29, 0.717) is 5.56 Å². The van der Waals surface area contributed by atoms with E-state index < -0.39 is 0 Å². The molecule has 0 radical (unpaired) electrons. The molecule has 2 nitrogen and oxygen atoms in total. The van der Waals surface area contributed by atoms with Crippen molar-refractivity contribution in [2.24, 2.45) is 7.05 Å². The summed E-state index contributed by atoms with van der Waals surface area (Å²) in [6.07, 6.45) is 1.83. The fourth-order valence-corrected chi connectivity index (χ4v) is 1.54. The van der Waals surface area contributed by atoms with Gasteiger partial charge in [0.15, 0.2) is 0 Å². The summed E-state index contributed by atoms with van der Waals surface area (Å²) in [4.78, 5) is 0. The third-order valence-electron chi connectivity index (χ3n) is 2.18. The highest BCUT2D eigenvalue weighted by molar-refractivity contribution is 5.65. The Morgan fingerprint density at radius 1 is 1.21 bits per heavy atom. The van der Waals surface area contributed by atoms with Crippen LogP contribution in [0, 0.1) is 12.7 Å². The molecule has 2 aromatic rings. The van der Waals surface area contributed by atoms with Gasteiger partial charge < -0.3 is 0 Å². The summed E-state index contributed by atoms with van der Waals surface area (Å²) >= 11 is 0. The van der Waals surface area contributed by atoms with E-state index in [-0.39, 0.29) is 5.82 Å². The van der Waals surface area contributed by atoms with Crippen LogP contribution in [0.2, 0.25) is 0 Å². The van der Waals surface area contributed by atoms with Gasteiger partial charge in [-0.15, -0.1) is 0 Å². The monoisotopic (exact) mass is 190 g/mol. The molecule has 0 fully saturated rings. The van der Waals surface area contributed by atoms with Crippen LogP contribution in [0.4, 0.5) is 4.39 Å². The van der Waals surface area contributed by atoms with Crippen molar-refractivity contribution in [1.29, 1.82) is 0 Å². The summed E-state index contributed by atoms with van der Waals surface area (Å²) in [5, 5.41) is 4.18. The average molecular weight is 190 g/mol. The van der Waals surface area contributed by atoms with Crippen LogP contribution in [0.15, 0.2) is 30.5 Å². The SMILES string of the molecule is Cc1nn(C)cc1-c1ccccc1F. The van der Waals surface area contributed by atoms with Crippen molar-refractivity contribution in [3.8, 4) is 11.1 Å². The van der Waals surface area contributed by atoms with E-state index in [0.717, 1.165) is 11.3 Å². The van der Waals surface area contributed by atoms with Gasteiger partial charge in [-0.1, -0.05) is 18.2 Å². The molecule has 2 rings (SSSR count). The summed E-state index contributed by atoms with van der Waals surface area (Å²) in [7, 11) is 1.83. The lowest BCUT2D eigenvalue weighted by atomic mass is 10.1. The van der Waals surface area contributed by atoms with Gasteiger partial charge >= 0.3 is 0 Å². The molecule has 14 heavy (non-hydrogen) atoms. The first kappa shape index (κ1) is 8.94. The first-order valence-electron chi connectivity index (χ1n) is 4.43. The van der Waals surface area contributed by atoms with Crippen LogP contribution in [0.25, 0.3) is 11.1 Å². The molecule has 0 bridgehead atoms. The van der Waals surface area contributed by atoms with E-state index in [9.17, 15) is 4.39 Å². The quantitative estimate of drug-likeness (QED) is 0.675. The fourth-order valence-electron chi connectivity index (χ4n) is 1.54. The third kappa shape index (κ3) is 1.41. The molecule has 0 unspecified atom stereocenters. The lowest BCUT2D eigenvalue weighted by Crippen LogP contribution is -1.86. The van der Waals surface area contributed by atoms with Gasteiger partial charge in [0.2, 0.25) is 0 Å². The Labute approximate surface area is 82.0 Å². The predicted molar refractivity (Wildman–Crippen MR) is 53.3 cm³/mol. The Bertz CT molecular complexity index is 460. The van der Waals surface area contributed by atoms with E-state index in [4.69, 9.17) is 0 Å². The Kier molecular flexibility index (Phi) is 2.08. The minimum atomic E-state index is -0.205. The molecule has 1 aromatic carbocycles. The topological polar surface area (TPSA) is 17.8 Å². The van der Waals surface area contributed by atoms with Gasteiger partial charge in [0.25, 0.3) is 0 Å². The number of rotatable bonds is 1. The molecule has 0 spiro atoms. The summed E-state index contributed by atoms with van der Waals surface area (Å²) in [6.45, 7) is 1.88. The molecule has 1 aromatic heterocycles. The Morgan fingerprint density at radius 3 is 2.50 bits per heavy atom. The normalized spacial score (nSPS) is 10.5. The molecule has 1 heterocycles. The van der Waals surface area contributed by atoms with Crippen molar-refractivity contribution in [3.05, 3.63) is 42.0 Å². The molecule has 0 aliphatic heterocycles. The van der Waals surface area contributed by atoms with Crippen molar-refractivity contribution in [2.75, 3.05) is 0 Å². The van der Waals surface area contributed by atoms with Gasteiger partial charge in [0.1, 0.15) is 5.82 Å². The van der Waals surface area contributed by atoms with Crippen molar-refractivity contribution >= 4 is 0 Å². The maximum atomic E-state index is 13.4. The second-order valence-corrected chi connectivity index (χ2v) is 3.28. The maximum Gasteiger partial charge on any atom is 0.131 e. The van der Waals surface area contributed by atoms with Crippen LogP contribution in [0.3, 0.4) is 0 Å². The van der Waals surface area contributed by atoms with E-state index in [1.807, 2.05) is 26.2 Å². The lowest BCUT2D eigenvalue weighted by molar-refractivity contribution is 0.631. The summed E-state index contributed by atoms with van der Waals surface area (Å²) < 4.78 is 15.1. The highest BCUT2D eigenvalue weighted by Gasteiger charge is 2.09. The number of nitrogens with zero attached hydrogens (tertiary/aromatic N) is 2. The Morgan fingerprint density at radius 2 is 1.93 bits per heavy atom. The largest absolute Gasteiger partial charge is 0.275 e. The predicted octanol–water partition coefficient (Wildman–Crippen LogP) is 2.53. The number of benzene rings is 1. The zero-order valence-electron chi connectivity index (χ0n) is 8.16. The van der Waals surface area contributed by atoms with E-state index in [1.54, 1.807) is 16.8 Å². The maximum absolute atomic E-state index is 13.4. The first-order chi connectivity index (χ1) is 6.68. The van der Waals surface area contributed by atoms with Gasteiger partial charge in [-0.3, -0.25) is 4.68 Å². The van der Waals surface area contributed by atoms with E-state index in [2.05, 4.69) is 5.10 Å². The fraction of sp³-hybridized carbons (Fsp3) is 0.182. The number of halogens is 1. The summed E-state index contributed by atoms with van der Waals surface area (Å²) in [5.74, 6) is -0.205. The zero-order chi connectivity index (χ0) is 10.1. The molecular weight excluding hydrogens is 179 g/mol. The van der Waals surface area contributed by atoms with Crippen LogP contribution in [-0.2, 0) is 7.05 Å². The van der Waals surface area contributed by atoms with Crippen LogP contribution in [0.1, 0.15) is 5.69 Å². The lowest BCUT2D eigenvalue weighted by Gasteiger charge is -1.99. The molecule has 0 amide bonds. The minimum absolute atomic E-state index is 0.205. The van der Waals surface area contributed by atoms with Crippen LogP contribution < -0.4 is 0 Å². The Hall–Kier alpha value is -1.64. The van der Waals surface area contributed by atoms with Crippen molar-refractivity contribution in [3.63, 3.8) is 0 Å². The van der Waals surface area contributed by atoms with Gasteiger partial charge in [0, 0.05) is 24.4 Å². The van der Waals surface area contributed by atoms with Crippen LogP contribution in [-0.4, -0.2) is 9.78 Å². The smallest absolute Gasteiger partial charge is 0.131 e. The minimum Gasteiger partial charge on any atom is -0.275 e. The second-order valence-electron chi connectivity index (χ2n) is 3.28. The number of hydrogen-bond donors (Lipinski definition) is 0. The molecular formula is C11H11FN2. The highest BCUT2D eigenvalue weighted by atomic mass is 19.1. The van der Waals surface area contributed by atoms with E-state index in [1.165, 1.54) is 6.07 Å². The van der Waals surface area contributed by atoms with Crippen molar-refractivity contribution < 1.29 is 4.39 Å². The van der Waals surface area contributed by atoms with Crippen molar-refractivity contribution in [2.45, 2.75) is 6.92 Å². The first-order valence-corrected chi connectivity index (χ1v) is 4.43. The molecule has 0 aliphatic carbocycles. The van der Waals surface area contributed by atoms with Crippen LogP contribution in [0.5, 0.6) is 0 Å². The van der Waals surface area contributed by atoms with E-state index >= 15 is 0 Å². The third-order valence-corrected chi connectivity index (χ3v) is 2.18. The standard InChI is InChI=1S/C11H11FN2/c1-8-10(7-14(2)13-8)9-5-3-4-6-11(9)12/h3-7H,1-2H3. The molecule has 0 N–H and O–H groups in total. The molecule has 0 saturated carbocycles. The molecule has 3 heteroatoms. The molecule has 0 saturated heterocycles. The van der Waals surface area contributed by atoms with Gasteiger partial charge in [-0.25, -0.2) is 4.39 Å². The summed E-state index contributed by atoms with van der Waals surface area (Å²) in [5.41, 5.74) is 2.31. The molecule has 0 atom stereocenters. The zero-order valence-corrected chi connectivity index (χ0v) is 8.16. The van der Waals surface area contributed by atoms with Crippen molar-refractivity contribution in [1.82, 2.24) is 9.78 Å². The molecule has 72 valence electrons. The number of aromatic nitrogens is 2. The van der Waals surface area contributed by atoms with Gasteiger partial charge in [-0.2, -0.15) is 5.10 Å². The highest BCUT2D eigenvalue weighted by Crippen LogP contribution is 2.24. The van der Waals surface area contributed by atoms with Crippen LogP contribution >= 0.6 is 0 Å². The van der Waals surface area contributed by atoms with Gasteiger partial charge in [-0.05, 0) is 13.0 Å². The molecule has 0 aliphatic rings. The second kappa shape index (κ2) is 3.25. The summed E-state index contributed by atoms with van der Waals surface area (Å²) in [6, 6.07) is 6.73. The average Bonchev–Trinajstić information content (AvgIpc) is 2.46. The number of aryl methyl sites for hydroxylation is 2. The van der Waals surface area contributed by atoms with Gasteiger partial charge in [0.05, 0.1) is 5.69 Å².